The predicted octanol–water partition coefficient (Wildman–Crippen LogP) is -6.23. The van der Waals surface area contributed by atoms with Crippen LogP contribution in [0.2, 0.25) is 0 Å². The molecule has 0 aliphatic carbocycles. The van der Waals surface area contributed by atoms with Crippen LogP contribution in [-0.2, 0) is 68.3 Å². The van der Waals surface area contributed by atoms with Crippen LogP contribution in [0.15, 0.2) is 48.5 Å². The van der Waals surface area contributed by atoms with Gasteiger partial charge in [0.05, 0.1) is 47.8 Å². The van der Waals surface area contributed by atoms with Crippen LogP contribution in [0, 0.1) is 0 Å². The van der Waals surface area contributed by atoms with E-state index in [1.54, 1.807) is 18.2 Å². The van der Waals surface area contributed by atoms with Crippen LogP contribution >= 0.6 is 0 Å². The second-order valence-electron chi connectivity index (χ2n) is 13.5. The maximum atomic E-state index is 12.9. The van der Waals surface area contributed by atoms with Gasteiger partial charge in [0, 0.05) is 88.3 Å². The van der Waals surface area contributed by atoms with E-state index in [1.165, 1.54) is 30.3 Å². The van der Waals surface area contributed by atoms with Gasteiger partial charge >= 0.3 is 68.3 Å². The molecule has 3 aromatic heterocycles. The Morgan fingerprint density at radius 3 is 0.941 bits per heavy atom. The minimum absolute atomic E-state index is 0. The van der Waals surface area contributed by atoms with E-state index in [-0.39, 0.29) is 108 Å². The van der Waals surface area contributed by atoms with Crippen molar-refractivity contribution < 1.29 is 147 Å². The van der Waals surface area contributed by atoms with Gasteiger partial charge in [-0.25, -0.2) is 29.9 Å². The second kappa shape index (κ2) is 18.4. The number of carbonyl (C=O) groups is 8. The smallest absolute Gasteiger partial charge is 0.545 e. The number of hydrogen-bond acceptors (Lipinski definition) is 22. The van der Waals surface area contributed by atoms with Crippen molar-refractivity contribution in [3.8, 4) is 45.6 Å². The molecule has 0 saturated heterocycles. The number of hydrogen-bond donors (Lipinski definition) is 2. The summed E-state index contributed by atoms with van der Waals surface area (Å²) >= 11 is 0. The zero-order chi connectivity index (χ0) is 45.8. The SMILES string of the molecule is O=C([O-])c1c(C(=O)[O-])c(C(=O)[O-])c2c(c1C(=O)[O-])-c1nc-2nc2[nH]c(nc3nc(nc4[nH]c(n1)c1ccccc41)-c1ccccc1-3)c1c(C(=O)[O-])c(C(=O)[O-])c(C(=O)[O-])c(C(=O)[O-])c21.[Fe+2].[Fe+2].[Fe+2].[Fe+2]. The molecule has 2 aliphatic rings. The molecule has 5 heterocycles. The van der Waals surface area contributed by atoms with Gasteiger partial charge in [0.2, 0.25) is 0 Å². The fourth-order valence-corrected chi connectivity index (χ4v) is 7.84. The Morgan fingerprint density at radius 2 is 0.588 bits per heavy atom. The molecule has 28 heteroatoms. The molecule has 0 amide bonds. The zero-order valence-corrected chi connectivity index (χ0v) is 36.7. The molecule has 0 radical (unpaired) electrons. The molecule has 9 rings (SSSR count). The van der Waals surface area contributed by atoms with Crippen LogP contribution in [0.5, 0.6) is 0 Å². The number of carboxylic acid groups (broad SMARTS) is 8. The Bertz CT molecular complexity index is 3690. The topological polar surface area (TPSA) is 430 Å². The van der Waals surface area contributed by atoms with E-state index < -0.39 is 137 Å². The molecule has 68 heavy (non-hydrogen) atoms. The van der Waals surface area contributed by atoms with Gasteiger partial charge in [0.15, 0.2) is 23.3 Å². The van der Waals surface area contributed by atoms with E-state index in [9.17, 15) is 79.2 Å². The van der Waals surface area contributed by atoms with Crippen LogP contribution in [-0.4, -0.2) is 87.6 Å². The normalized spacial score (nSPS) is 10.8. The van der Waals surface area contributed by atoms with Gasteiger partial charge in [-0.05, 0) is 0 Å². The number of benzene rings is 4. The molecule has 2 aliphatic heterocycles. The number of aromatic amines is 2. The predicted molar refractivity (Wildman–Crippen MR) is 191 cm³/mol. The Labute approximate surface area is 415 Å². The molecule has 338 valence electrons. The van der Waals surface area contributed by atoms with Crippen LogP contribution in [0.25, 0.3) is 89.7 Å². The summed E-state index contributed by atoms with van der Waals surface area (Å²) in [4.78, 5) is 133. The Morgan fingerprint density at radius 1 is 0.324 bits per heavy atom. The summed E-state index contributed by atoms with van der Waals surface area (Å²) in [5.74, 6) is -23.0. The first-order valence-corrected chi connectivity index (χ1v) is 17.6. The molecular weight excluding hydrogens is 1070 g/mol. The van der Waals surface area contributed by atoms with Gasteiger partial charge in [-0.1, -0.05) is 48.5 Å². The Kier molecular flexibility index (Phi) is 13.8. The standard InChI is InChI=1S/C40H18N8O16.4Fe/c49-33(50)17-13-15(19(35(53)54)23(39(61)62)21(17)37(57)58)31-46-29(13)44-27-11-7-3-1-5-9(11)25(42-27)41-26-10-6-2-4-8-12(10)28(43-26)45-30-14-16(32(47-30)48-31)20(36(55)56)24(40(63)64)22(38(59)60)18(14)34(51)52;;;;/h1-8H,(H,49,50)(H,51,52)(H,53,54)(H,55,56)(H,57,58)(H,59,60)(H,61,62)(H,63,64)(H2,41,42,43,44,45,46,47,48);;;;/q;4*+2/p-8. The average Bonchev–Trinajstić information content (AvgIpc) is 3.97. The molecule has 0 atom stereocenters. The number of aromatic carboxylic acids is 8. The van der Waals surface area contributed by atoms with E-state index in [2.05, 4.69) is 39.9 Å². The van der Waals surface area contributed by atoms with E-state index >= 15 is 0 Å². The summed E-state index contributed by atoms with van der Waals surface area (Å²) in [6.07, 6.45) is 0. The van der Waals surface area contributed by atoms with Crippen LogP contribution < -0.4 is 40.9 Å². The number of nitrogens with zero attached hydrogens (tertiary/aromatic N) is 6. The third kappa shape index (κ3) is 7.57. The maximum absolute atomic E-state index is 12.9. The van der Waals surface area contributed by atoms with Crippen LogP contribution in [0.3, 0.4) is 0 Å². The third-order valence-corrected chi connectivity index (χ3v) is 10.2. The number of H-pyrrole nitrogens is 2. The average molecular weight is 1080 g/mol. The summed E-state index contributed by atoms with van der Waals surface area (Å²) in [5, 5.41) is 100. The zero-order valence-electron chi connectivity index (χ0n) is 32.2. The minimum atomic E-state index is -2.63. The maximum Gasteiger partial charge on any atom is 2.00 e. The van der Waals surface area contributed by atoms with Gasteiger partial charge in [-0.3, -0.25) is 0 Å². The number of aromatic nitrogens is 8. The quantitative estimate of drug-likeness (QED) is 0.134. The van der Waals surface area contributed by atoms with Crippen LogP contribution in [0.1, 0.15) is 82.9 Å². The Hall–Kier alpha value is -7.92. The van der Waals surface area contributed by atoms with Crippen molar-refractivity contribution >= 4 is 91.9 Å². The monoisotopic (exact) mass is 1080 g/mol. The summed E-state index contributed by atoms with van der Waals surface area (Å²) in [6.45, 7) is 0. The number of rotatable bonds is 8. The van der Waals surface area contributed by atoms with E-state index in [0.717, 1.165) is 0 Å². The molecule has 8 bridgehead atoms. The van der Waals surface area contributed by atoms with Crippen molar-refractivity contribution in [2.75, 3.05) is 0 Å². The molecule has 0 unspecified atom stereocenters. The van der Waals surface area contributed by atoms with Crippen molar-refractivity contribution in [3.05, 3.63) is 93.0 Å². The molecule has 24 nitrogen and oxygen atoms in total. The second-order valence-corrected chi connectivity index (χ2v) is 13.5. The van der Waals surface area contributed by atoms with E-state index in [1.807, 2.05) is 0 Å². The Balaban J connectivity index is 0.00000216. The van der Waals surface area contributed by atoms with Crippen molar-refractivity contribution in [1.29, 1.82) is 0 Å². The minimum Gasteiger partial charge on any atom is -0.545 e. The molecule has 7 aromatic rings. The fourth-order valence-electron chi connectivity index (χ4n) is 7.84. The van der Waals surface area contributed by atoms with Gasteiger partial charge in [0.25, 0.3) is 0 Å². The molecule has 0 spiro atoms. The molecule has 0 saturated carbocycles. The van der Waals surface area contributed by atoms with Crippen molar-refractivity contribution in [3.63, 3.8) is 0 Å². The van der Waals surface area contributed by atoms with Gasteiger partial charge < -0.3 is 89.2 Å². The first-order valence-electron chi connectivity index (χ1n) is 17.6. The number of nitrogens with one attached hydrogen (secondary N) is 2. The summed E-state index contributed by atoms with van der Waals surface area (Å²) in [6, 6.07) is 12.2. The van der Waals surface area contributed by atoms with Gasteiger partial charge in [0.1, 0.15) is 22.6 Å². The molecule has 4 aromatic carbocycles. The van der Waals surface area contributed by atoms with E-state index in [0.29, 0.717) is 5.39 Å². The third-order valence-electron chi connectivity index (χ3n) is 10.2. The first kappa shape index (κ1) is 51.1. The number of fused-ring (bicyclic) bond motifs is 20. The van der Waals surface area contributed by atoms with Crippen LogP contribution in [0.4, 0.5) is 0 Å². The fraction of sp³-hybridized carbons (Fsp3) is 0. The summed E-state index contributed by atoms with van der Waals surface area (Å²) in [5.41, 5.74) is -18.0. The van der Waals surface area contributed by atoms with Gasteiger partial charge in [-0.15, -0.1) is 0 Å². The first-order chi connectivity index (χ1) is 30.4. The van der Waals surface area contributed by atoms with Crippen molar-refractivity contribution in [1.82, 2.24) is 39.9 Å². The van der Waals surface area contributed by atoms with Crippen molar-refractivity contribution in [2.24, 2.45) is 0 Å². The molecule has 0 fully saturated rings. The summed E-state index contributed by atoms with van der Waals surface area (Å²) in [7, 11) is 0. The number of carbonyl (C=O) groups excluding carboxylic acids is 8. The van der Waals surface area contributed by atoms with Crippen molar-refractivity contribution in [2.45, 2.75) is 0 Å². The molecular formula is C40H10Fe4N8O16. The largest absolute Gasteiger partial charge is 2.00 e. The number of carboxylic acids is 8. The van der Waals surface area contributed by atoms with E-state index in [4.69, 9.17) is 0 Å². The summed E-state index contributed by atoms with van der Waals surface area (Å²) < 4.78 is 0. The van der Waals surface area contributed by atoms with Gasteiger partial charge in [-0.2, -0.15) is 0 Å². The molecule has 2 N–H and O–H groups in total.